The van der Waals surface area contributed by atoms with Crippen LogP contribution in [0.3, 0.4) is 0 Å². The van der Waals surface area contributed by atoms with Crippen LogP contribution in [0, 0.1) is 5.92 Å². The first-order valence-corrected chi connectivity index (χ1v) is 8.32. The highest BCUT2D eigenvalue weighted by Crippen LogP contribution is 2.36. The van der Waals surface area contributed by atoms with E-state index in [1.54, 1.807) is 0 Å². The summed E-state index contributed by atoms with van der Waals surface area (Å²) in [6.45, 7) is 4.90. The molecule has 0 spiro atoms. The molecule has 0 aromatic rings. The van der Waals surface area contributed by atoms with Crippen LogP contribution in [0.5, 0.6) is 0 Å². The van der Waals surface area contributed by atoms with E-state index in [-0.39, 0.29) is 11.4 Å². The molecule has 0 aromatic carbocycles. The number of rotatable bonds is 5. The van der Waals surface area contributed by atoms with E-state index in [1.807, 2.05) is 0 Å². The van der Waals surface area contributed by atoms with E-state index in [9.17, 15) is 19.2 Å². The zero-order valence-corrected chi connectivity index (χ0v) is 15.5. The molecule has 0 amide bonds. The summed E-state index contributed by atoms with van der Waals surface area (Å²) >= 11 is 3.41. The molecule has 0 unspecified atom stereocenters. The zero-order valence-electron chi connectivity index (χ0n) is 13.9. The number of hydrogen-bond donors (Lipinski definition) is 0. The molecule has 136 valence electrons. The highest BCUT2D eigenvalue weighted by atomic mass is 79.9. The molecule has 1 aliphatic carbocycles. The van der Waals surface area contributed by atoms with Crippen LogP contribution in [-0.2, 0) is 38.1 Å². The minimum atomic E-state index is -1.01. The van der Waals surface area contributed by atoms with Gasteiger partial charge in [-0.25, -0.2) is 0 Å². The quantitative estimate of drug-likeness (QED) is 0.378. The largest absolute Gasteiger partial charge is 0.465 e. The van der Waals surface area contributed by atoms with Crippen molar-refractivity contribution < 1.29 is 38.1 Å². The second-order valence-corrected chi connectivity index (χ2v) is 6.71. The third-order valence-electron chi connectivity index (χ3n) is 3.40. The predicted octanol–water partition coefficient (Wildman–Crippen LogP) is 1.13. The lowest BCUT2D eigenvalue weighted by atomic mass is 9.82. The number of carbonyl (C=O) groups is 4. The van der Waals surface area contributed by atoms with Crippen molar-refractivity contribution in [3.05, 3.63) is 0 Å². The fraction of sp³-hybridized carbons (Fsp3) is 0.733. The number of carbonyl (C=O) groups excluding carboxylic acids is 4. The van der Waals surface area contributed by atoms with Crippen molar-refractivity contribution >= 4 is 39.8 Å². The van der Waals surface area contributed by atoms with E-state index in [2.05, 4.69) is 15.9 Å². The molecule has 1 saturated carbocycles. The van der Waals surface area contributed by atoms with Gasteiger partial charge in [0.15, 0.2) is 12.2 Å². The van der Waals surface area contributed by atoms with E-state index in [0.29, 0.717) is 6.42 Å². The Morgan fingerprint density at radius 2 is 1.25 bits per heavy atom. The molecule has 0 aliphatic heterocycles. The fourth-order valence-electron chi connectivity index (χ4n) is 2.62. The second-order valence-electron chi connectivity index (χ2n) is 5.54. The first kappa shape index (κ1) is 20.4. The molecule has 1 rings (SSSR count). The van der Waals surface area contributed by atoms with Gasteiger partial charge in [-0.1, -0.05) is 15.9 Å². The van der Waals surface area contributed by atoms with Gasteiger partial charge in [0.1, 0.15) is 6.10 Å². The summed E-state index contributed by atoms with van der Waals surface area (Å²) in [4.78, 5) is 45.0. The third kappa shape index (κ3) is 6.10. The maximum atomic E-state index is 11.5. The van der Waals surface area contributed by atoms with Gasteiger partial charge in [-0.2, -0.15) is 0 Å². The van der Waals surface area contributed by atoms with Gasteiger partial charge in [0.25, 0.3) is 0 Å². The Morgan fingerprint density at radius 1 is 0.792 bits per heavy atom. The van der Waals surface area contributed by atoms with Crippen molar-refractivity contribution in [1.29, 1.82) is 0 Å². The second kappa shape index (κ2) is 9.00. The van der Waals surface area contributed by atoms with Gasteiger partial charge >= 0.3 is 23.9 Å². The summed E-state index contributed by atoms with van der Waals surface area (Å²) in [6, 6.07) is 0. The molecule has 1 fully saturated rings. The Bertz CT molecular complexity index is 506. The number of ether oxygens (including phenoxy) is 4. The molecule has 8 nitrogen and oxygen atoms in total. The van der Waals surface area contributed by atoms with Crippen LogP contribution in [0.15, 0.2) is 0 Å². The summed E-state index contributed by atoms with van der Waals surface area (Å²) in [6.07, 6.45) is -2.34. The van der Waals surface area contributed by atoms with E-state index in [0.717, 1.165) is 0 Å². The van der Waals surface area contributed by atoms with Crippen LogP contribution >= 0.6 is 15.9 Å². The summed E-state index contributed by atoms with van der Waals surface area (Å²) < 4.78 is 20.8. The minimum absolute atomic E-state index is 0.0140. The predicted molar refractivity (Wildman–Crippen MR) is 84.1 cm³/mol. The Morgan fingerprint density at radius 3 is 1.71 bits per heavy atom. The van der Waals surface area contributed by atoms with Crippen LogP contribution in [0.2, 0.25) is 0 Å². The Balaban J connectivity index is 3.11. The van der Waals surface area contributed by atoms with Crippen molar-refractivity contribution in [3.8, 4) is 0 Å². The van der Waals surface area contributed by atoms with Crippen molar-refractivity contribution in [1.82, 2.24) is 0 Å². The normalized spacial score (nSPS) is 29.3. The summed E-state index contributed by atoms with van der Waals surface area (Å²) in [5.41, 5.74) is 0. The molecule has 5 atom stereocenters. The van der Waals surface area contributed by atoms with Crippen molar-refractivity contribution in [2.45, 2.75) is 57.3 Å². The number of alkyl halides is 1. The lowest BCUT2D eigenvalue weighted by Gasteiger charge is -2.42. The SMILES string of the molecule is CC(=O)OC[C@@H]1C[C@H](Br)[C@@H](OC(C)=O)[C@H](OC(C)=O)[C@H]1OC(C)=O. The average molecular weight is 409 g/mol. The van der Waals surface area contributed by atoms with Crippen LogP contribution in [0.1, 0.15) is 34.1 Å². The van der Waals surface area contributed by atoms with Crippen molar-refractivity contribution in [2.75, 3.05) is 6.61 Å². The number of hydrogen-bond acceptors (Lipinski definition) is 8. The molecule has 0 radical (unpaired) electrons. The summed E-state index contributed by atoms with van der Waals surface area (Å²) in [5, 5.41) is 0. The Hall–Kier alpha value is -1.64. The average Bonchev–Trinajstić information content (AvgIpc) is 2.42. The topological polar surface area (TPSA) is 105 Å². The molecule has 0 bridgehead atoms. The van der Waals surface area contributed by atoms with E-state index in [4.69, 9.17) is 18.9 Å². The Labute approximate surface area is 148 Å². The molecule has 0 aromatic heterocycles. The molecule has 0 saturated heterocycles. The van der Waals surface area contributed by atoms with E-state index < -0.39 is 48.1 Å². The molecule has 0 N–H and O–H groups in total. The number of esters is 4. The molecule has 24 heavy (non-hydrogen) atoms. The van der Waals surface area contributed by atoms with Gasteiger partial charge in [0, 0.05) is 33.6 Å². The summed E-state index contributed by atoms with van der Waals surface area (Å²) in [7, 11) is 0. The molecule has 0 heterocycles. The maximum Gasteiger partial charge on any atom is 0.303 e. The van der Waals surface area contributed by atoms with E-state index in [1.165, 1.54) is 27.7 Å². The van der Waals surface area contributed by atoms with Gasteiger partial charge in [-0.05, 0) is 6.42 Å². The lowest BCUT2D eigenvalue weighted by Crippen LogP contribution is -2.57. The van der Waals surface area contributed by atoms with E-state index >= 15 is 0 Å². The van der Waals surface area contributed by atoms with Crippen LogP contribution in [-0.4, -0.2) is 53.6 Å². The fourth-order valence-corrected chi connectivity index (χ4v) is 3.51. The summed E-state index contributed by atoms with van der Waals surface area (Å²) in [5.74, 6) is -2.64. The van der Waals surface area contributed by atoms with Gasteiger partial charge in [0.05, 0.1) is 11.4 Å². The zero-order chi connectivity index (χ0) is 18.4. The van der Waals surface area contributed by atoms with Crippen molar-refractivity contribution in [2.24, 2.45) is 5.92 Å². The van der Waals surface area contributed by atoms with Crippen LogP contribution in [0.25, 0.3) is 0 Å². The highest BCUT2D eigenvalue weighted by Gasteiger charge is 2.50. The van der Waals surface area contributed by atoms with Crippen molar-refractivity contribution in [3.63, 3.8) is 0 Å². The highest BCUT2D eigenvalue weighted by molar-refractivity contribution is 9.09. The number of halogens is 1. The maximum absolute atomic E-state index is 11.5. The van der Waals surface area contributed by atoms with Crippen LogP contribution in [0.4, 0.5) is 0 Å². The van der Waals surface area contributed by atoms with Gasteiger partial charge < -0.3 is 18.9 Å². The molecule has 1 aliphatic rings. The van der Waals surface area contributed by atoms with Crippen LogP contribution < -0.4 is 0 Å². The minimum Gasteiger partial charge on any atom is -0.465 e. The monoisotopic (exact) mass is 408 g/mol. The lowest BCUT2D eigenvalue weighted by molar-refractivity contribution is -0.198. The molecule has 9 heteroatoms. The smallest absolute Gasteiger partial charge is 0.303 e. The van der Waals surface area contributed by atoms with Gasteiger partial charge in [-0.15, -0.1) is 0 Å². The standard InChI is InChI=1S/C15H21BrO8/c1-7(17)21-6-11-5-12(16)14(23-9(3)19)15(24-10(4)20)13(11)22-8(2)18/h11-15H,5-6H2,1-4H3/t11-,12-,13-,14+,15+/m0/s1. The van der Waals surface area contributed by atoms with Gasteiger partial charge in [0.2, 0.25) is 0 Å². The molecular formula is C15H21BrO8. The molecular weight excluding hydrogens is 388 g/mol. The van der Waals surface area contributed by atoms with Gasteiger partial charge in [-0.3, -0.25) is 19.2 Å². The first-order chi connectivity index (χ1) is 11.1. The first-order valence-electron chi connectivity index (χ1n) is 7.41. The Kier molecular flexibility index (Phi) is 7.65. The third-order valence-corrected chi connectivity index (χ3v) is 4.30.